The molecule has 4 aromatic rings. The quantitative estimate of drug-likeness (QED) is 0.282. The number of fused-ring (bicyclic) bond motifs is 1. The van der Waals surface area contributed by atoms with E-state index in [0.29, 0.717) is 55.3 Å². The monoisotopic (exact) mass is 565 g/mol. The minimum absolute atomic E-state index is 0.0225. The van der Waals surface area contributed by atoms with Crippen LogP contribution in [0.15, 0.2) is 36.7 Å². The third-order valence-electron chi connectivity index (χ3n) is 7.05. The minimum Gasteiger partial charge on any atom is -0.469 e. The number of hydrogen-bond donors (Lipinski definition) is 1. The predicted molar refractivity (Wildman–Crippen MR) is 150 cm³/mol. The van der Waals surface area contributed by atoms with Crippen LogP contribution in [-0.4, -0.2) is 68.3 Å². The molecule has 0 bridgehead atoms. The first-order valence-corrected chi connectivity index (χ1v) is 13.6. The first-order valence-electron chi connectivity index (χ1n) is 13.6. The molecule has 1 aliphatic rings. The van der Waals surface area contributed by atoms with Crippen molar-refractivity contribution in [2.75, 3.05) is 32.1 Å². The second kappa shape index (κ2) is 12.2. The highest BCUT2D eigenvalue weighted by Gasteiger charge is 2.22. The minimum atomic E-state index is -0.666. The van der Waals surface area contributed by atoms with E-state index in [1.165, 1.54) is 13.2 Å². The number of halogens is 2. The van der Waals surface area contributed by atoms with Gasteiger partial charge in [-0.15, -0.1) is 0 Å². The van der Waals surface area contributed by atoms with Gasteiger partial charge in [0.15, 0.2) is 11.6 Å². The van der Waals surface area contributed by atoms with Gasteiger partial charge < -0.3 is 19.4 Å². The van der Waals surface area contributed by atoms with Crippen LogP contribution < -0.4 is 5.32 Å². The van der Waals surface area contributed by atoms with Gasteiger partial charge in [0.1, 0.15) is 22.9 Å². The molecule has 0 spiro atoms. The standard InChI is InChI=1S/C29H33F2N7O3/c1-17(2)38-18(3)34-28-22(30)11-20(12-24(28)38)27-23(31)14-33-29(36-27)35-25-7-5-19(13-32-25)15-37-9-10-41-21(16-37)6-8-26(39)40-4/h5,7,11-14,17,21H,6,8-10,15-16H2,1-4H3,(H,32,33,35,36). The molecule has 1 fully saturated rings. The average molecular weight is 566 g/mol. The van der Waals surface area contributed by atoms with Crippen LogP contribution in [-0.2, 0) is 20.8 Å². The molecule has 1 atom stereocenters. The summed E-state index contributed by atoms with van der Waals surface area (Å²) >= 11 is 0. The maximum Gasteiger partial charge on any atom is 0.305 e. The lowest BCUT2D eigenvalue weighted by molar-refractivity contribution is -0.142. The van der Waals surface area contributed by atoms with E-state index in [0.717, 1.165) is 18.3 Å². The van der Waals surface area contributed by atoms with Crippen LogP contribution in [0.4, 0.5) is 20.5 Å². The van der Waals surface area contributed by atoms with Crippen LogP contribution in [0.2, 0.25) is 0 Å². The van der Waals surface area contributed by atoms with Crippen molar-refractivity contribution in [1.29, 1.82) is 0 Å². The number of aromatic nitrogens is 5. The number of hydrogen-bond acceptors (Lipinski definition) is 9. The highest BCUT2D eigenvalue weighted by molar-refractivity contribution is 5.83. The highest BCUT2D eigenvalue weighted by atomic mass is 19.1. The lowest BCUT2D eigenvalue weighted by atomic mass is 10.1. The number of ether oxygens (including phenoxy) is 2. The topological polar surface area (TPSA) is 107 Å². The molecule has 1 unspecified atom stereocenters. The predicted octanol–water partition coefficient (Wildman–Crippen LogP) is 4.95. The van der Waals surface area contributed by atoms with Gasteiger partial charge in [0.05, 0.1) is 31.5 Å². The molecule has 41 heavy (non-hydrogen) atoms. The van der Waals surface area contributed by atoms with Crippen molar-refractivity contribution < 1.29 is 23.0 Å². The maximum absolute atomic E-state index is 15.0. The summed E-state index contributed by atoms with van der Waals surface area (Å²) in [5.74, 6) is -0.146. The molecule has 5 rings (SSSR count). The number of aryl methyl sites for hydroxylation is 1. The summed E-state index contributed by atoms with van der Waals surface area (Å²) in [5.41, 5.74) is 2.09. The summed E-state index contributed by atoms with van der Waals surface area (Å²) in [6.45, 7) is 8.56. The summed E-state index contributed by atoms with van der Waals surface area (Å²) in [6.07, 6.45) is 3.73. The highest BCUT2D eigenvalue weighted by Crippen LogP contribution is 2.30. The Morgan fingerprint density at radius 2 is 2.00 bits per heavy atom. The number of nitrogens with one attached hydrogen (secondary N) is 1. The van der Waals surface area contributed by atoms with Crippen molar-refractivity contribution in [3.63, 3.8) is 0 Å². The van der Waals surface area contributed by atoms with Gasteiger partial charge in [0, 0.05) is 43.9 Å². The molecular weight excluding hydrogens is 532 g/mol. The van der Waals surface area contributed by atoms with Crippen molar-refractivity contribution >= 4 is 28.8 Å². The third-order valence-corrected chi connectivity index (χ3v) is 7.05. The lowest BCUT2D eigenvalue weighted by Crippen LogP contribution is -2.42. The van der Waals surface area contributed by atoms with Crippen molar-refractivity contribution in [2.24, 2.45) is 0 Å². The number of esters is 1. The number of nitrogens with zero attached hydrogens (tertiary/aromatic N) is 6. The van der Waals surface area contributed by atoms with Crippen molar-refractivity contribution in [3.05, 3.63) is 59.7 Å². The summed E-state index contributed by atoms with van der Waals surface area (Å²) < 4.78 is 42.2. The molecule has 0 saturated carbocycles. The Kier molecular flexibility index (Phi) is 8.50. The number of carbonyl (C=O) groups excluding carboxylic acids is 1. The van der Waals surface area contributed by atoms with E-state index in [4.69, 9.17) is 9.47 Å². The summed E-state index contributed by atoms with van der Waals surface area (Å²) in [5, 5.41) is 3.01. The molecule has 0 aliphatic carbocycles. The largest absolute Gasteiger partial charge is 0.469 e. The number of carbonyl (C=O) groups is 1. The molecule has 1 aromatic carbocycles. The van der Waals surface area contributed by atoms with Gasteiger partial charge in [0.2, 0.25) is 5.95 Å². The first kappa shape index (κ1) is 28.5. The SMILES string of the molecule is COC(=O)CCC1CN(Cc2ccc(Nc3ncc(F)c(-c4cc(F)c5nc(C)n(C(C)C)c5c4)n3)nc2)CCO1. The van der Waals surface area contributed by atoms with Crippen LogP contribution in [0.25, 0.3) is 22.3 Å². The van der Waals surface area contributed by atoms with Gasteiger partial charge in [-0.25, -0.2) is 28.7 Å². The normalized spacial score (nSPS) is 15.9. The summed E-state index contributed by atoms with van der Waals surface area (Å²) in [6, 6.07) is 6.73. The Morgan fingerprint density at radius 1 is 1.17 bits per heavy atom. The molecular formula is C29H33F2N7O3. The van der Waals surface area contributed by atoms with Crippen molar-refractivity contribution in [1.82, 2.24) is 29.4 Å². The van der Waals surface area contributed by atoms with Gasteiger partial charge in [-0.2, -0.15) is 0 Å². The maximum atomic E-state index is 15.0. The Hall–Kier alpha value is -4.03. The van der Waals surface area contributed by atoms with Crippen LogP contribution in [0.3, 0.4) is 0 Å². The lowest BCUT2D eigenvalue weighted by Gasteiger charge is -2.32. The zero-order valence-corrected chi connectivity index (χ0v) is 23.5. The fourth-order valence-corrected chi connectivity index (χ4v) is 5.13. The number of methoxy groups -OCH3 is 1. The molecule has 10 nitrogen and oxygen atoms in total. The molecule has 1 N–H and O–H groups in total. The van der Waals surface area contributed by atoms with Crippen molar-refractivity contribution in [2.45, 2.75) is 52.3 Å². The van der Waals surface area contributed by atoms with Gasteiger partial charge in [0.25, 0.3) is 0 Å². The van der Waals surface area contributed by atoms with Gasteiger partial charge in [-0.05, 0) is 51.0 Å². The molecule has 12 heteroatoms. The van der Waals surface area contributed by atoms with E-state index in [-0.39, 0.29) is 35.3 Å². The number of pyridine rings is 1. The van der Waals surface area contributed by atoms with Crippen LogP contribution >= 0.6 is 0 Å². The fourth-order valence-electron chi connectivity index (χ4n) is 5.13. The molecule has 1 saturated heterocycles. The molecule has 4 heterocycles. The van der Waals surface area contributed by atoms with Gasteiger partial charge in [-0.3, -0.25) is 9.69 Å². The second-order valence-electron chi connectivity index (χ2n) is 10.4. The van der Waals surface area contributed by atoms with E-state index in [1.807, 2.05) is 31.4 Å². The third kappa shape index (κ3) is 6.49. The zero-order valence-electron chi connectivity index (χ0n) is 23.5. The van der Waals surface area contributed by atoms with E-state index in [9.17, 15) is 13.6 Å². The smallest absolute Gasteiger partial charge is 0.305 e. The van der Waals surface area contributed by atoms with Gasteiger partial charge >= 0.3 is 5.97 Å². The fraction of sp³-hybridized carbons (Fsp3) is 0.414. The molecule has 0 amide bonds. The molecule has 216 valence electrons. The second-order valence-corrected chi connectivity index (χ2v) is 10.4. The van der Waals surface area contributed by atoms with Crippen molar-refractivity contribution in [3.8, 4) is 11.3 Å². The number of benzene rings is 1. The number of anilines is 2. The average Bonchev–Trinajstić information content (AvgIpc) is 3.30. The Bertz CT molecular complexity index is 1540. The van der Waals surface area contributed by atoms with Crippen LogP contribution in [0.5, 0.6) is 0 Å². The van der Waals surface area contributed by atoms with E-state index in [2.05, 4.69) is 30.2 Å². The molecule has 3 aromatic heterocycles. The summed E-state index contributed by atoms with van der Waals surface area (Å²) in [7, 11) is 1.38. The first-order chi connectivity index (χ1) is 19.7. The Morgan fingerprint density at radius 3 is 2.73 bits per heavy atom. The summed E-state index contributed by atoms with van der Waals surface area (Å²) in [4.78, 5) is 30.9. The van der Waals surface area contributed by atoms with Gasteiger partial charge in [-0.1, -0.05) is 6.07 Å². The molecule has 1 aliphatic heterocycles. The number of rotatable bonds is 9. The van der Waals surface area contributed by atoms with E-state index in [1.54, 1.807) is 18.3 Å². The number of morpholine rings is 1. The zero-order chi connectivity index (χ0) is 29.1. The number of imidazole rings is 1. The van der Waals surface area contributed by atoms with Crippen LogP contribution in [0, 0.1) is 18.6 Å². The molecule has 0 radical (unpaired) electrons. The van der Waals surface area contributed by atoms with E-state index < -0.39 is 11.6 Å². The van der Waals surface area contributed by atoms with Crippen LogP contribution in [0.1, 0.15) is 44.1 Å². The van der Waals surface area contributed by atoms with E-state index >= 15 is 0 Å². The Balaban J connectivity index is 1.28. The Labute approximate surface area is 236 Å².